The number of nitrogens with zero attached hydrogens (tertiary/aromatic N) is 2. The molecule has 2 unspecified atom stereocenters. The molecule has 0 spiro atoms. The molecule has 2 aromatic carbocycles. The van der Waals surface area contributed by atoms with Crippen LogP contribution in [0.3, 0.4) is 0 Å². The van der Waals surface area contributed by atoms with Crippen LogP contribution in [0.25, 0.3) is 11.0 Å². The summed E-state index contributed by atoms with van der Waals surface area (Å²) in [5, 5.41) is 6.25. The lowest BCUT2D eigenvalue weighted by Gasteiger charge is -2.26. The summed E-state index contributed by atoms with van der Waals surface area (Å²) in [5.74, 6) is -0.700. The van der Waals surface area contributed by atoms with Crippen LogP contribution in [0.1, 0.15) is 43.7 Å². The number of carbonyl (C=O) groups excluding carboxylic acids is 3. The second kappa shape index (κ2) is 15.2. The molecule has 5 rings (SSSR count). The molecule has 12 nitrogen and oxygen atoms in total. The van der Waals surface area contributed by atoms with E-state index >= 15 is 0 Å². The van der Waals surface area contributed by atoms with Gasteiger partial charge in [0.2, 0.25) is 15.9 Å². The Labute approximate surface area is 269 Å². The van der Waals surface area contributed by atoms with Gasteiger partial charge in [-0.2, -0.15) is 4.31 Å². The van der Waals surface area contributed by atoms with Gasteiger partial charge >= 0.3 is 0 Å². The average molecular weight is 655 g/mol. The third-order valence-corrected chi connectivity index (χ3v) is 10.00. The van der Waals surface area contributed by atoms with Crippen LogP contribution in [0.4, 0.5) is 0 Å². The van der Waals surface area contributed by atoms with Gasteiger partial charge in [0.25, 0.3) is 5.91 Å². The number of sulfonamides is 1. The quantitative estimate of drug-likeness (QED) is 0.301. The second-order valence-electron chi connectivity index (χ2n) is 12.1. The van der Waals surface area contributed by atoms with Crippen LogP contribution in [0, 0.1) is 5.92 Å². The number of nitrogens with one attached hydrogen (secondary N) is 2. The van der Waals surface area contributed by atoms with Crippen molar-refractivity contribution in [3.63, 3.8) is 0 Å². The summed E-state index contributed by atoms with van der Waals surface area (Å²) < 4.78 is 44.5. The molecular formula is C33H42N4O8S. The van der Waals surface area contributed by atoms with E-state index in [2.05, 4.69) is 15.5 Å². The number of furan rings is 1. The molecule has 0 bridgehead atoms. The number of Topliss-reactive ketones (excluding diaryl/α,β-unsaturated/α-hetero) is 1. The van der Waals surface area contributed by atoms with Gasteiger partial charge in [-0.1, -0.05) is 32.0 Å². The maximum absolute atomic E-state index is 13.4. The topological polar surface area (TPSA) is 147 Å². The molecule has 46 heavy (non-hydrogen) atoms. The van der Waals surface area contributed by atoms with Crippen molar-refractivity contribution in [1.82, 2.24) is 19.8 Å². The van der Waals surface area contributed by atoms with Gasteiger partial charge in [0.05, 0.1) is 30.7 Å². The molecule has 13 heteroatoms. The van der Waals surface area contributed by atoms with Crippen LogP contribution in [-0.2, 0) is 24.3 Å². The minimum atomic E-state index is -3.85. The molecule has 2 amide bonds. The molecule has 2 atom stereocenters. The molecule has 2 saturated heterocycles. The molecule has 0 saturated carbocycles. The molecular weight excluding hydrogens is 612 g/mol. The fourth-order valence-electron chi connectivity index (χ4n) is 5.64. The maximum atomic E-state index is 13.4. The van der Waals surface area contributed by atoms with Crippen LogP contribution in [-0.4, -0.2) is 99.8 Å². The van der Waals surface area contributed by atoms with Gasteiger partial charge < -0.3 is 24.5 Å². The monoisotopic (exact) mass is 654 g/mol. The van der Waals surface area contributed by atoms with Crippen LogP contribution in [0.5, 0.6) is 5.75 Å². The molecule has 3 aromatic rings. The third-order valence-electron chi connectivity index (χ3n) is 8.14. The van der Waals surface area contributed by atoms with Crippen LogP contribution in [0.15, 0.2) is 63.9 Å². The normalized spacial score (nSPS) is 19.1. The first-order chi connectivity index (χ1) is 22.1. The van der Waals surface area contributed by atoms with Gasteiger partial charge in [0, 0.05) is 31.6 Å². The first kappa shape index (κ1) is 33.6. The lowest BCUT2D eigenvalue weighted by molar-refractivity contribution is -0.129. The van der Waals surface area contributed by atoms with Gasteiger partial charge in [0.15, 0.2) is 11.5 Å². The van der Waals surface area contributed by atoms with Crippen LogP contribution < -0.4 is 15.4 Å². The van der Waals surface area contributed by atoms with Gasteiger partial charge in [-0.25, -0.2) is 8.42 Å². The van der Waals surface area contributed by atoms with E-state index in [9.17, 15) is 22.8 Å². The number of morpholine rings is 1. The molecule has 1 aromatic heterocycles. The highest BCUT2D eigenvalue weighted by molar-refractivity contribution is 7.89. The Morgan fingerprint density at radius 1 is 1.04 bits per heavy atom. The van der Waals surface area contributed by atoms with Gasteiger partial charge in [-0.15, -0.1) is 0 Å². The Balaban J connectivity index is 1.20. The van der Waals surface area contributed by atoms with E-state index < -0.39 is 39.7 Å². The number of ketones is 1. The maximum Gasteiger partial charge on any atom is 0.287 e. The van der Waals surface area contributed by atoms with Crippen molar-refractivity contribution in [2.24, 2.45) is 5.92 Å². The van der Waals surface area contributed by atoms with Crippen molar-refractivity contribution in [2.75, 3.05) is 52.5 Å². The number of hydrogen-bond acceptors (Lipinski definition) is 9. The van der Waals surface area contributed by atoms with Gasteiger partial charge in [0.1, 0.15) is 24.0 Å². The van der Waals surface area contributed by atoms with E-state index in [4.69, 9.17) is 13.9 Å². The van der Waals surface area contributed by atoms with Crippen LogP contribution >= 0.6 is 0 Å². The van der Waals surface area contributed by atoms with Crippen LogP contribution in [0.2, 0.25) is 0 Å². The Morgan fingerprint density at radius 2 is 1.80 bits per heavy atom. The Bertz CT molecular complexity index is 1620. The highest BCUT2D eigenvalue weighted by Gasteiger charge is 2.34. The molecule has 2 aliphatic heterocycles. The van der Waals surface area contributed by atoms with Gasteiger partial charge in [-0.3, -0.25) is 19.3 Å². The van der Waals surface area contributed by atoms with Crippen molar-refractivity contribution >= 4 is 38.6 Å². The Morgan fingerprint density at radius 3 is 2.54 bits per heavy atom. The smallest absolute Gasteiger partial charge is 0.287 e. The minimum absolute atomic E-state index is 0.0503. The zero-order chi connectivity index (χ0) is 32.7. The fraction of sp³-hybridized carbons (Fsp3) is 0.485. The predicted molar refractivity (Wildman–Crippen MR) is 171 cm³/mol. The van der Waals surface area contributed by atoms with Gasteiger partial charge in [-0.05, 0) is 61.6 Å². The summed E-state index contributed by atoms with van der Waals surface area (Å²) in [6.07, 6.45) is 1.00. The fourth-order valence-corrected chi connectivity index (χ4v) is 7.11. The number of fused-ring (bicyclic) bond motifs is 1. The first-order valence-corrected chi connectivity index (χ1v) is 17.2. The van der Waals surface area contributed by atoms with Crippen molar-refractivity contribution in [3.8, 4) is 5.75 Å². The van der Waals surface area contributed by atoms with E-state index in [1.54, 1.807) is 36.4 Å². The van der Waals surface area contributed by atoms with E-state index in [-0.39, 0.29) is 36.1 Å². The number of amides is 2. The zero-order valence-corrected chi connectivity index (χ0v) is 27.1. The predicted octanol–water partition coefficient (Wildman–Crippen LogP) is 2.83. The SMILES string of the molecule is CC(C)CC(NC(=O)c1cc2cc(OCCN3CCOCC3)ccc2o1)C(=O)NC1CCCN(S(=O)(=O)c2ccccc2)CC1=O. The molecule has 0 aliphatic carbocycles. The largest absolute Gasteiger partial charge is 0.492 e. The summed E-state index contributed by atoms with van der Waals surface area (Å²) >= 11 is 0. The van der Waals surface area contributed by atoms with E-state index in [0.717, 1.165) is 37.2 Å². The highest BCUT2D eigenvalue weighted by atomic mass is 32.2. The summed E-state index contributed by atoms with van der Waals surface area (Å²) in [6.45, 7) is 8.20. The summed E-state index contributed by atoms with van der Waals surface area (Å²) in [6, 6.07) is 13.1. The number of rotatable bonds is 12. The lowest BCUT2D eigenvalue weighted by atomic mass is 10.0. The van der Waals surface area contributed by atoms with Crippen molar-refractivity contribution in [1.29, 1.82) is 0 Å². The Kier molecular flexibility index (Phi) is 11.1. The number of benzene rings is 2. The summed E-state index contributed by atoms with van der Waals surface area (Å²) in [7, 11) is -3.85. The highest BCUT2D eigenvalue weighted by Crippen LogP contribution is 2.25. The van der Waals surface area contributed by atoms with E-state index in [0.29, 0.717) is 36.2 Å². The first-order valence-electron chi connectivity index (χ1n) is 15.8. The van der Waals surface area contributed by atoms with E-state index in [1.807, 2.05) is 19.9 Å². The summed E-state index contributed by atoms with van der Waals surface area (Å²) in [4.78, 5) is 42.3. The van der Waals surface area contributed by atoms with Crippen molar-refractivity contribution in [2.45, 2.75) is 50.1 Å². The minimum Gasteiger partial charge on any atom is -0.492 e. The third kappa shape index (κ3) is 8.52. The molecule has 2 N–H and O–H groups in total. The molecule has 2 aliphatic rings. The number of ether oxygens (including phenoxy) is 2. The van der Waals surface area contributed by atoms with Crippen molar-refractivity contribution in [3.05, 3.63) is 60.4 Å². The average Bonchev–Trinajstić information content (AvgIpc) is 3.38. The standard InChI is InChI=1S/C33H42N4O8S/c1-23(2)19-28(32(39)34-27-9-6-12-37(22-29(27)38)46(41,42)26-7-4-3-5-8-26)35-33(40)31-21-24-20-25(10-11-30(24)45-31)44-18-15-36-13-16-43-17-14-36/h3-5,7-8,10-11,20-21,23,27-28H,6,9,12-19,22H2,1-2H3,(H,34,39)(H,35,40). The second-order valence-corrected chi connectivity index (χ2v) is 14.0. The Hall–Kier alpha value is -3.78. The lowest BCUT2D eigenvalue weighted by Crippen LogP contribution is -2.52. The summed E-state index contributed by atoms with van der Waals surface area (Å²) in [5.41, 5.74) is 0.509. The van der Waals surface area contributed by atoms with E-state index in [1.165, 1.54) is 12.1 Å². The molecule has 248 valence electrons. The number of hydrogen-bond donors (Lipinski definition) is 2. The number of carbonyl (C=O) groups is 3. The molecule has 2 fully saturated rings. The van der Waals surface area contributed by atoms with Crippen molar-refractivity contribution < 1.29 is 36.7 Å². The zero-order valence-electron chi connectivity index (χ0n) is 26.3. The molecule has 0 radical (unpaired) electrons. The molecule has 3 heterocycles.